The molecule has 0 saturated heterocycles. The highest BCUT2D eigenvalue weighted by Crippen LogP contribution is 2.36. The molecule has 2 heterocycles. The second-order valence-corrected chi connectivity index (χ2v) is 5.33. The van der Waals surface area contributed by atoms with Crippen LogP contribution in [-0.2, 0) is 5.92 Å². The molecule has 102 valence electrons. The summed E-state index contributed by atoms with van der Waals surface area (Å²) in [5, 5.41) is 1.69. The molecule has 0 atom stereocenters. The van der Waals surface area contributed by atoms with E-state index < -0.39 is 17.6 Å². The topological polar surface area (TPSA) is 25.8 Å². The lowest BCUT2D eigenvalue weighted by Gasteiger charge is -2.15. The molecule has 3 rings (SSSR count). The highest BCUT2D eigenvalue weighted by molar-refractivity contribution is 7.17. The molecule has 0 aliphatic heterocycles. The molecule has 0 unspecified atom stereocenters. The standard InChI is InChI=1S/C13H6ClF3N2S/c14-11-10-9(5-6-20-10)18-12(19-11)13(16,17)7-1-3-8(15)4-2-7/h1-6H. The highest BCUT2D eigenvalue weighted by Gasteiger charge is 2.38. The Balaban J connectivity index is 2.14. The van der Waals surface area contributed by atoms with Crippen molar-refractivity contribution in [1.82, 2.24) is 9.97 Å². The number of rotatable bonds is 2. The van der Waals surface area contributed by atoms with Crippen LogP contribution in [0.25, 0.3) is 10.2 Å². The molecule has 2 aromatic heterocycles. The fraction of sp³-hybridized carbons (Fsp3) is 0.0769. The predicted molar refractivity (Wildman–Crippen MR) is 71.8 cm³/mol. The number of benzene rings is 1. The Morgan fingerprint density at radius 1 is 1.05 bits per heavy atom. The molecule has 0 fully saturated rings. The summed E-state index contributed by atoms with van der Waals surface area (Å²) in [6.45, 7) is 0. The maximum absolute atomic E-state index is 14.3. The van der Waals surface area contributed by atoms with Crippen LogP contribution in [0.1, 0.15) is 11.4 Å². The van der Waals surface area contributed by atoms with Gasteiger partial charge in [-0.25, -0.2) is 14.4 Å². The summed E-state index contributed by atoms with van der Waals surface area (Å²) in [6.07, 6.45) is 0. The van der Waals surface area contributed by atoms with E-state index in [1.807, 2.05) is 0 Å². The zero-order valence-corrected chi connectivity index (χ0v) is 11.4. The zero-order chi connectivity index (χ0) is 14.3. The van der Waals surface area contributed by atoms with E-state index in [9.17, 15) is 13.2 Å². The molecule has 0 bridgehead atoms. The zero-order valence-electron chi connectivity index (χ0n) is 9.78. The Morgan fingerprint density at radius 3 is 2.45 bits per heavy atom. The number of thiophene rings is 1. The second kappa shape index (κ2) is 4.71. The third kappa shape index (κ3) is 2.14. The Kier molecular flexibility index (Phi) is 3.14. The van der Waals surface area contributed by atoms with E-state index in [-0.39, 0.29) is 10.7 Å². The van der Waals surface area contributed by atoms with Gasteiger partial charge in [0.25, 0.3) is 0 Å². The minimum Gasteiger partial charge on any atom is -0.226 e. The smallest absolute Gasteiger partial charge is 0.226 e. The van der Waals surface area contributed by atoms with Crippen LogP contribution in [0.2, 0.25) is 5.15 Å². The van der Waals surface area contributed by atoms with Crippen LogP contribution in [0.4, 0.5) is 13.2 Å². The van der Waals surface area contributed by atoms with Crippen molar-refractivity contribution in [3.63, 3.8) is 0 Å². The first kappa shape index (κ1) is 13.3. The van der Waals surface area contributed by atoms with Gasteiger partial charge in [0.15, 0.2) is 5.15 Å². The fourth-order valence-corrected chi connectivity index (χ4v) is 2.78. The normalized spacial score (nSPS) is 12.0. The molecule has 0 saturated carbocycles. The van der Waals surface area contributed by atoms with Crippen LogP contribution in [0, 0.1) is 5.82 Å². The van der Waals surface area contributed by atoms with Gasteiger partial charge in [-0.15, -0.1) is 11.3 Å². The number of fused-ring (bicyclic) bond motifs is 1. The van der Waals surface area contributed by atoms with E-state index in [0.717, 1.165) is 24.3 Å². The van der Waals surface area contributed by atoms with Crippen molar-refractivity contribution in [2.45, 2.75) is 5.92 Å². The minimum atomic E-state index is -3.44. The Morgan fingerprint density at radius 2 is 1.75 bits per heavy atom. The summed E-state index contributed by atoms with van der Waals surface area (Å²) >= 11 is 7.17. The SMILES string of the molecule is Fc1ccc(C(F)(F)c2nc(Cl)c3sccc3n2)cc1. The van der Waals surface area contributed by atoms with Gasteiger partial charge in [-0.2, -0.15) is 8.78 Å². The molecule has 0 radical (unpaired) electrons. The summed E-state index contributed by atoms with van der Waals surface area (Å²) < 4.78 is 42.0. The molecule has 3 aromatic rings. The van der Waals surface area contributed by atoms with Crippen LogP contribution in [0.3, 0.4) is 0 Å². The monoisotopic (exact) mass is 314 g/mol. The van der Waals surface area contributed by atoms with Crippen molar-refractivity contribution in [1.29, 1.82) is 0 Å². The van der Waals surface area contributed by atoms with E-state index in [2.05, 4.69) is 9.97 Å². The first-order chi connectivity index (χ1) is 9.48. The summed E-state index contributed by atoms with van der Waals surface area (Å²) in [4.78, 5) is 7.50. The number of aromatic nitrogens is 2. The van der Waals surface area contributed by atoms with Gasteiger partial charge in [0.05, 0.1) is 10.2 Å². The van der Waals surface area contributed by atoms with Crippen molar-refractivity contribution in [2.75, 3.05) is 0 Å². The first-order valence-electron chi connectivity index (χ1n) is 5.53. The highest BCUT2D eigenvalue weighted by atomic mass is 35.5. The largest absolute Gasteiger partial charge is 0.331 e. The maximum atomic E-state index is 14.3. The average molecular weight is 315 g/mol. The molecule has 7 heteroatoms. The lowest BCUT2D eigenvalue weighted by molar-refractivity contribution is 0.0331. The third-order valence-corrected chi connectivity index (χ3v) is 4.05. The third-order valence-electron chi connectivity index (χ3n) is 2.75. The molecule has 0 amide bonds. The Hall–Kier alpha value is -1.66. The lowest BCUT2D eigenvalue weighted by Crippen LogP contribution is -2.19. The lowest BCUT2D eigenvalue weighted by atomic mass is 10.1. The fourth-order valence-electron chi connectivity index (χ4n) is 1.76. The molecule has 0 aliphatic carbocycles. The van der Waals surface area contributed by atoms with Gasteiger partial charge < -0.3 is 0 Å². The molecular weight excluding hydrogens is 309 g/mol. The summed E-state index contributed by atoms with van der Waals surface area (Å²) in [5.74, 6) is -4.72. The molecule has 1 aromatic carbocycles. The van der Waals surface area contributed by atoms with Crippen LogP contribution in [0.5, 0.6) is 0 Å². The van der Waals surface area contributed by atoms with Gasteiger partial charge in [0, 0.05) is 5.56 Å². The van der Waals surface area contributed by atoms with E-state index in [4.69, 9.17) is 11.6 Å². The summed E-state index contributed by atoms with van der Waals surface area (Å²) in [5.41, 5.74) is -0.0173. The average Bonchev–Trinajstić information content (AvgIpc) is 2.88. The van der Waals surface area contributed by atoms with Crippen LogP contribution in [0.15, 0.2) is 35.7 Å². The Bertz CT molecular complexity index is 771. The second-order valence-electron chi connectivity index (χ2n) is 4.05. The number of nitrogens with zero attached hydrogens (tertiary/aromatic N) is 2. The molecular formula is C13H6ClF3N2S. The summed E-state index contributed by atoms with van der Waals surface area (Å²) in [7, 11) is 0. The minimum absolute atomic E-state index is 0.0122. The maximum Gasteiger partial charge on any atom is 0.331 e. The van der Waals surface area contributed by atoms with E-state index in [1.165, 1.54) is 11.3 Å². The number of hydrogen-bond acceptors (Lipinski definition) is 3. The van der Waals surface area contributed by atoms with Crippen molar-refractivity contribution in [3.05, 3.63) is 58.1 Å². The van der Waals surface area contributed by atoms with Crippen molar-refractivity contribution in [3.8, 4) is 0 Å². The van der Waals surface area contributed by atoms with Gasteiger partial charge >= 0.3 is 5.92 Å². The molecule has 0 spiro atoms. The summed E-state index contributed by atoms with van der Waals surface area (Å²) in [6, 6.07) is 5.54. The Labute approximate surface area is 120 Å². The molecule has 20 heavy (non-hydrogen) atoms. The van der Waals surface area contributed by atoms with Gasteiger partial charge in [-0.3, -0.25) is 0 Å². The van der Waals surface area contributed by atoms with E-state index in [0.29, 0.717) is 10.2 Å². The van der Waals surface area contributed by atoms with Gasteiger partial charge in [-0.05, 0) is 35.7 Å². The predicted octanol–water partition coefficient (Wildman–Crippen LogP) is 4.62. The molecule has 0 aliphatic rings. The van der Waals surface area contributed by atoms with Gasteiger partial charge in [0.2, 0.25) is 5.82 Å². The van der Waals surface area contributed by atoms with E-state index >= 15 is 0 Å². The molecule has 0 N–H and O–H groups in total. The number of alkyl halides is 2. The van der Waals surface area contributed by atoms with Gasteiger partial charge in [-0.1, -0.05) is 11.6 Å². The van der Waals surface area contributed by atoms with Crippen molar-refractivity contribution >= 4 is 33.2 Å². The molecule has 2 nitrogen and oxygen atoms in total. The van der Waals surface area contributed by atoms with Crippen molar-refractivity contribution in [2.24, 2.45) is 0 Å². The quantitative estimate of drug-likeness (QED) is 0.645. The van der Waals surface area contributed by atoms with Crippen molar-refractivity contribution < 1.29 is 13.2 Å². The number of hydrogen-bond donors (Lipinski definition) is 0. The first-order valence-corrected chi connectivity index (χ1v) is 6.79. The van der Waals surface area contributed by atoms with Crippen LogP contribution < -0.4 is 0 Å². The van der Waals surface area contributed by atoms with Crippen LogP contribution >= 0.6 is 22.9 Å². The van der Waals surface area contributed by atoms with E-state index in [1.54, 1.807) is 11.4 Å². The van der Waals surface area contributed by atoms with Crippen LogP contribution in [-0.4, -0.2) is 9.97 Å². The number of halogens is 4. The van der Waals surface area contributed by atoms with Gasteiger partial charge in [0.1, 0.15) is 5.82 Å².